The molecule has 92 valence electrons. The van der Waals surface area contributed by atoms with E-state index in [4.69, 9.17) is 16.3 Å². The van der Waals surface area contributed by atoms with Crippen LogP contribution in [0.2, 0.25) is 5.02 Å². The summed E-state index contributed by atoms with van der Waals surface area (Å²) in [5.74, 6) is 0.755. The molecular weight excluding hydrogens is 248 g/mol. The molecule has 2 aromatic rings. The molecule has 1 aliphatic rings. The Labute approximate surface area is 111 Å². The van der Waals surface area contributed by atoms with Crippen molar-refractivity contribution in [3.05, 3.63) is 40.9 Å². The van der Waals surface area contributed by atoms with Crippen molar-refractivity contribution in [3.63, 3.8) is 0 Å². The van der Waals surface area contributed by atoms with Gasteiger partial charge in [0.05, 0.1) is 12.0 Å². The first kappa shape index (κ1) is 11.5. The minimum atomic E-state index is -0.458. The van der Waals surface area contributed by atoms with Crippen molar-refractivity contribution in [2.75, 3.05) is 0 Å². The van der Waals surface area contributed by atoms with E-state index in [1.54, 1.807) is 6.07 Å². The predicted octanol–water partition coefficient (Wildman–Crippen LogP) is 4.24. The summed E-state index contributed by atoms with van der Waals surface area (Å²) in [5, 5.41) is 2.42. The monoisotopic (exact) mass is 260 g/mol. The highest BCUT2D eigenvalue weighted by molar-refractivity contribution is 6.36. The third-order valence-electron chi connectivity index (χ3n) is 3.21. The third-order valence-corrected chi connectivity index (χ3v) is 3.52. The summed E-state index contributed by atoms with van der Waals surface area (Å²) < 4.78 is 5.98. The van der Waals surface area contributed by atoms with Gasteiger partial charge in [-0.1, -0.05) is 35.9 Å². The average molecular weight is 261 g/mol. The molecule has 2 nitrogen and oxygen atoms in total. The summed E-state index contributed by atoms with van der Waals surface area (Å²) in [6.07, 6.45) is 0.384. The van der Waals surface area contributed by atoms with Gasteiger partial charge in [0.25, 0.3) is 0 Å². The zero-order valence-corrected chi connectivity index (χ0v) is 11.0. The Morgan fingerprint density at radius 3 is 2.61 bits per heavy atom. The number of hydrogen-bond acceptors (Lipinski definition) is 2. The van der Waals surface area contributed by atoms with Gasteiger partial charge in [0.1, 0.15) is 11.4 Å². The van der Waals surface area contributed by atoms with E-state index >= 15 is 0 Å². The Bertz CT molecular complexity index is 659. The largest absolute Gasteiger partial charge is 0.486 e. The van der Waals surface area contributed by atoms with E-state index in [0.29, 0.717) is 22.8 Å². The normalized spacial score (nSPS) is 17.4. The van der Waals surface area contributed by atoms with Gasteiger partial charge in [-0.3, -0.25) is 4.79 Å². The van der Waals surface area contributed by atoms with Gasteiger partial charge in [0.15, 0.2) is 5.78 Å². The number of carbonyl (C=O) groups excluding carboxylic acids is 1. The molecule has 18 heavy (non-hydrogen) atoms. The highest BCUT2D eigenvalue weighted by atomic mass is 35.5. The molecule has 0 N–H and O–H groups in total. The molecule has 1 aliphatic heterocycles. The maximum Gasteiger partial charge on any atom is 0.170 e. The molecule has 0 aliphatic carbocycles. The molecule has 0 radical (unpaired) electrons. The van der Waals surface area contributed by atoms with Crippen LogP contribution in [-0.2, 0) is 0 Å². The van der Waals surface area contributed by atoms with Gasteiger partial charge in [-0.2, -0.15) is 0 Å². The minimum Gasteiger partial charge on any atom is -0.486 e. The standard InChI is InChI=1S/C15H13ClO2/c1-15(2)8-13(17)11-7-12(16)9-5-3-4-6-10(9)14(11)18-15/h3-7H,8H2,1-2H3. The zero-order chi connectivity index (χ0) is 12.9. The van der Waals surface area contributed by atoms with Crippen LogP contribution < -0.4 is 4.74 Å². The van der Waals surface area contributed by atoms with Crippen LogP contribution in [0.3, 0.4) is 0 Å². The van der Waals surface area contributed by atoms with Gasteiger partial charge >= 0.3 is 0 Å². The van der Waals surface area contributed by atoms with Crippen molar-refractivity contribution < 1.29 is 9.53 Å². The molecule has 1 heterocycles. The van der Waals surface area contributed by atoms with Gasteiger partial charge in [-0.05, 0) is 19.9 Å². The third kappa shape index (κ3) is 1.68. The Morgan fingerprint density at radius 1 is 1.22 bits per heavy atom. The van der Waals surface area contributed by atoms with E-state index in [-0.39, 0.29) is 5.78 Å². The summed E-state index contributed by atoms with van der Waals surface area (Å²) in [6, 6.07) is 9.45. The van der Waals surface area contributed by atoms with Crippen molar-refractivity contribution in [1.29, 1.82) is 0 Å². The van der Waals surface area contributed by atoms with Gasteiger partial charge in [0, 0.05) is 15.8 Å². The van der Waals surface area contributed by atoms with Crippen LogP contribution in [0, 0.1) is 0 Å². The Hall–Kier alpha value is -1.54. The van der Waals surface area contributed by atoms with Gasteiger partial charge < -0.3 is 4.74 Å². The maximum atomic E-state index is 12.2. The number of hydrogen-bond donors (Lipinski definition) is 0. The molecule has 3 heteroatoms. The molecule has 0 spiro atoms. The highest BCUT2D eigenvalue weighted by Crippen LogP contribution is 2.41. The van der Waals surface area contributed by atoms with Crippen LogP contribution in [0.5, 0.6) is 5.75 Å². The molecule has 0 atom stereocenters. The fourth-order valence-corrected chi connectivity index (χ4v) is 2.69. The summed E-state index contributed by atoms with van der Waals surface area (Å²) in [6.45, 7) is 3.86. The molecule has 3 rings (SSSR count). The molecule has 2 aromatic carbocycles. The summed E-state index contributed by atoms with van der Waals surface area (Å²) in [4.78, 5) is 12.2. The number of ketones is 1. The van der Waals surface area contributed by atoms with Crippen LogP contribution >= 0.6 is 11.6 Å². The second-order valence-electron chi connectivity index (χ2n) is 5.24. The summed E-state index contributed by atoms with van der Waals surface area (Å²) in [7, 11) is 0. The summed E-state index contributed by atoms with van der Waals surface area (Å²) in [5.41, 5.74) is 0.138. The Kier molecular flexibility index (Phi) is 2.39. The lowest BCUT2D eigenvalue weighted by Crippen LogP contribution is -2.36. The van der Waals surface area contributed by atoms with E-state index < -0.39 is 5.60 Å². The first-order valence-electron chi connectivity index (χ1n) is 5.91. The fraction of sp³-hybridized carbons (Fsp3) is 0.267. The van der Waals surface area contributed by atoms with Gasteiger partial charge in [-0.15, -0.1) is 0 Å². The lowest BCUT2D eigenvalue weighted by molar-refractivity contribution is 0.0630. The van der Waals surface area contributed by atoms with Gasteiger partial charge in [-0.25, -0.2) is 0 Å². The zero-order valence-electron chi connectivity index (χ0n) is 10.3. The maximum absolute atomic E-state index is 12.2. The summed E-state index contributed by atoms with van der Waals surface area (Å²) >= 11 is 6.22. The molecule has 0 amide bonds. The molecule has 0 unspecified atom stereocenters. The number of Topliss-reactive ketones (excluding diaryl/α,β-unsaturated/α-hetero) is 1. The smallest absolute Gasteiger partial charge is 0.170 e. The minimum absolute atomic E-state index is 0.0916. The van der Waals surface area contributed by atoms with E-state index in [9.17, 15) is 4.79 Å². The van der Waals surface area contributed by atoms with Crippen molar-refractivity contribution >= 4 is 28.2 Å². The lowest BCUT2D eigenvalue weighted by Gasteiger charge is -2.32. The van der Waals surface area contributed by atoms with E-state index in [2.05, 4.69) is 0 Å². The number of carbonyl (C=O) groups is 1. The van der Waals surface area contributed by atoms with Crippen LogP contribution in [0.25, 0.3) is 10.8 Å². The topological polar surface area (TPSA) is 26.3 Å². The Morgan fingerprint density at radius 2 is 1.89 bits per heavy atom. The SMILES string of the molecule is CC1(C)CC(=O)c2cc(Cl)c3ccccc3c2O1. The molecule has 0 aromatic heterocycles. The second-order valence-corrected chi connectivity index (χ2v) is 5.65. The van der Waals surface area contributed by atoms with E-state index in [0.717, 1.165) is 10.8 Å². The van der Waals surface area contributed by atoms with Crippen molar-refractivity contribution in [3.8, 4) is 5.75 Å². The predicted molar refractivity (Wildman–Crippen MR) is 72.6 cm³/mol. The van der Waals surface area contributed by atoms with Crippen LogP contribution in [-0.4, -0.2) is 11.4 Å². The molecular formula is C15H13ClO2. The van der Waals surface area contributed by atoms with Crippen molar-refractivity contribution in [1.82, 2.24) is 0 Å². The average Bonchev–Trinajstić information content (AvgIpc) is 2.31. The van der Waals surface area contributed by atoms with Crippen LogP contribution in [0.4, 0.5) is 0 Å². The second kappa shape index (κ2) is 3.72. The lowest BCUT2D eigenvalue weighted by atomic mass is 9.91. The van der Waals surface area contributed by atoms with Crippen molar-refractivity contribution in [2.24, 2.45) is 0 Å². The van der Waals surface area contributed by atoms with Gasteiger partial charge in [0.2, 0.25) is 0 Å². The molecule has 0 fully saturated rings. The molecule has 0 saturated carbocycles. The number of halogens is 1. The molecule has 0 saturated heterocycles. The van der Waals surface area contributed by atoms with E-state index in [1.165, 1.54) is 0 Å². The van der Waals surface area contributed by atoms with Crippen molar-refractivity contribution in [2.45, 2.75) is 25.9 Å². The first-order valence-corrected chi connectivity index (χ1v) is 6.29. The van der Waals surface area contributed by atoms with Crippen LogP contribution in [0.1, 0.15) is 30.6 Å². The van der Waals surface area contributed by atoms with Crippen LogP contribution in [0.15, 0.2) is 30.3 Å². The quantitative estimate of drug-likeness (QED) is 0.708. The first-order chi connectivity index (χ1) is 8.48. The number of benzene rings is 2. The number of ether oxygens (including phenoxy) is 1. The van der Waals surface area contributed by atoms with E-state index in [1.807, 2.05) is 38.1 Å². The highest BCUT2D eigenvalue weighted by Gasteiger charge is 2.33. The Balaban J connectivity index is 2.37. The number of rotatable bonds is 0. The molecule has 0 bridgehead atoms. The fourth-order valence-electron chi connectivity index (χ4n) is 2.42. The number of fused-ring (bicyclic) bond motifs is 3.